The van der Waals surface area contributed by atoms with Gasteiger partial charge in [-0.2, -0.15) is 0 Å². The summed E-state index contributed by atoms with van der Waals surface area (Å²) in [6, 6.07) is 1.59. The minimum atomic E-state index is -0.179. The number of carbonyl (C=O) groups excluding carboxylic acids is 1. The van der Waals surface area contributed by atoms with Crippen LogP contribution in [-0.4, -0.2) is 17.8 Å². The number of halogens is 3. The minimum absolute atomic E-state index is 0.0158. The maximum absolute atomic E-state index is 11.8. The van der Waals surface area contributed by atoms with Gasteiger partial charge in [0.2, 0.25) is 0 Å². The molecule has 1 N–H and O–H groups in total. The summed E-state index contributed by atoms with van der Waals surface area (Å²) in [5, 5.41) is 3.66. The fourth-order valence-corrected chi connectivity index (χ4v) is 2.61. The normalized spacial score (nSPS) is 11.6. The monoisotopic (exact) mass is 343 g/mol. The lowest BCUT2D eigenvalue weighted by Gasteiger charge is -2.21. The van der Waals surface area contributed by atoms with Crippen LogP contribution in [-0.2, 0) is 0 Å². The number of amides is 1. The Hall–Kier alpha value is 0.230. The van der Waals surface area contributed by atoms with Gasteiger partial charge in [-0.1, -0.05) is 53.0 Å². The van der Waals surface area contributed by atoms with Crippen LogP contribution in [0.5, 0.6) is 0 Å². The molecular formula is C10H12BrCl2NOS. The highest BCUT2D eigenvalue weighted by Crippen LogP contribution is 2.31. The van der Waals surface area contributed by atoms with Gasteiger partial charge in [0.15, 0.2) is 0 Å². The summed E-state index contributed by atoms with van der Waals surface area (Å²) in [6.07, 6.45) is 0. The van der Waals surface area contributed by atoms with Gasteiger partial charge in [-0.05, 0) is 11.5 Å². The van der Waals surface area contributed by atoms with Crippen molar-refractivity contribution in [2.24, 2.45) is 5.41 Å². The first kappa shape index (κ1) is 14.3. The summed E-state index contributed by atoms with van der Waals surface area (Å²) in [5.74, 6) is -0.179. The second kappa shape index (κ2) is 5.71. The van der Waals surface area contributed by atoms with Crippen LogP contribution in [0.1, 0.15) is 24.2 Å². The van der Waals surface area contributed by atoms with Gasteiger partial charge in [-0.3, -0.25) is 4.79 Å². The van der Waals surface area contributed by atoms with E-state index in [2.05, 4.69) is 35.1 Å². The topological polar surface area (TPSA) is 29.1 Å². The average molecular weight is 345 g/mol. The summed E-state index contributed by atoms with van der Waals surface area (Å²) in [7, 11) is 0. The molecule has 2 nitrogen and oxygen atoms in total. The van der Waals surface area contributed by atoms with Crippen LogP contribution in [0.15, 0.2) is 6.07 Å². The molecule has 1 heterocycles. The van der Waals surface area contributed by atoms with Crippen LogP contribution < -0.4 is 5.32 Å². The van der Waals surface area contributed by atoms with E-state index >= 15 is 0 Å². The van der Waals surface area contributed by atoms with E-state index in [-0.39, 0.29) is 11.3 Å². The molecule has 16 heavy (non-hydrogen) atoms. The molecule has 90 valence electrons. The highest BCUT2D eigenvalue weighted by molar-refractivity contribution is 9.09. The molecule has 0 aliphatic carbocycles. The van der Waals surface area contributed by atoms with Crippen LogP contribution in [0.2, 0.25) is 8.67 Å². The summed E-state index contributed by atoms with van der Waals surface area (Å²) in [5.41, 5.74) is 0.462. The summed E-state index contributed by atoms with van der Waals surface area (Å²) in [4.78, 5) is 11.8. The number of hydrogen-bond donors (Lipinski definition) is 1. The van der Waals surface area contributed by atoms with Crippen molar-refractivity contribution in [1.29, 1.82) is 0 Å². The molecule has 0 aliphatic heterocycles. The van der Waals surface area contributed by atoms with Gasteiger partial charge in [0, 0.05) is 11.9 Å². The SMILES string of the molecule is CC(C)(CBr)CNC(=O)c1cc(Cl)sc1Cl. The highest BCUT2D eigenvalue weighted by Gasteiger charge is 2.19. The Morgan fingerprint density at radius 3 is 2.62 bits per heavy atom. The largest absolute Gasteiger partial charge is 0.351 e. The Kier molecular flexibility index (Phi) is 5.10. The molecule has 1 aromatic rings. The number of hydrogen-bond acceptors (Lipinski definition) is 2. The number of alkyl halides is 1. The molecule has 0 aromatic carbocycles. The second-order valence-corrected chi connectivity index (χ2v) is 7.06. The average Bonchev–Trinajstić information content (AvgIpc) is 2.54. The zero-order valence-electron chi connectivity index (χ0n) is 8.94. The van der Waals surface area contributed by atoms with E-state index in [4.69, 9.17) is 23.2 Å². The zero-order chi connectivity index (χ0) is 12.3. The van der Waals surface area contributed by atoms with Crippen LogP contribution in [0.3, 0.4) is 0 Å². The van der Waals surface area contributed by atoms with E-state index in [0.717, 1.165) is 5.33 Å². The molecule has 0 unspecified atom stereocenters. The third-order valence-corrected chi connectivity index (χ3v) is 5.00. The third kappa shape index (κ3) is 3.91. The number of thiophene rings is 1. The molecular weight excluding hydrogens is 333 g/mol. The summed E-state index contributed by atoms with van der Waals surface area (Å²) in [6.45, 7) is 4.70. The molecule has 0 fully saturated rings. The van der Waals surface area contributed by atoms with Crippen molar-refractivity contribution < 1.29 is 4.79 Å². The molecule has 0 atom stereocenters. The quantitative estimate of drug-likeness (QED) is 0.814. The first-order valence-corrected chi connectivity index (χ1v) is 7.34. The molecule has 0 saturated heterocycles. The summed E-state index contributed by atoms with van der Waals surface area (Å²) >= 11 is 16.3. The molecule has 0 spiro atoms. The maximum Gasteiger partial charge on any atom is 0.253 e. The van der Waals surface area contributed by atoms with Gasteiger partial charge < -0.3 is 5.32 Å². The van der Waals surface area contributed by atoms with E-state index in [1.165, 1.54) is 11.3 Å². The molecule has 0 bridgehead atoms. The Morgan fingerprint density at radius 1 is 1.56 bits per heavy atom. The van der Waals surface area contributed by atoms with Crippen molar-refractivity contribution in [2.45, 2.75) is 13.8 Å². The predicted octanol–water partition coefficient (Wildman–Crippen LogP) is 4.21. The van der Waals surface area contributed by atoms with E-state index in [0.29, 0.717) is 20.8 Å². The fourth-order valence-electron chi connectivity index (χ4n) is 0.957. The van der Waals surface area contributed by atoms with Gasteiger partial charge in [0.25, 0.3) is 5.91 Å². The summed E-state index contributed by atoms with van der Waals surface area (Å²) < 4.78 is 0.953. The lowest BCUT2D eigenvalue weighted by atomic mass is 9.97. The van der Waals surface area contributed by atoms with Gasteiger partial charge in [-0.15, -0.1) is 11.3 Å². The van der Waals surface area contributed by atoms with Crippen molar-refractivity contribution in [3.8, 4) is 0 Å². The first-order valence-electron chi connectivity index (χ1n) is 4.65. The van der Waals surface area contributed by atoms with Crippen molar-refractivity contribution >= 4 is 56.4 Å². The van der Waals surface area contributed by atoms with Crippen LogP contribution in [0, 0.1) is 5.41 Å². The van der Waals surface area contributed by atoms with Crippen molar-refractivity contribution in [2.75, 3.05) is 11.9 Å². The maximum atomic E-state index is 11.8. The molecule has 0 saturated carbocycles. The van der Waals surface area contributed by atoms with Crippen molar-refractivity contribution in [3.05, 3.63) is 20.3 Å². The van der Waals surface area contributed by atoms with E-state index in [9.17, 15) is 4.79 Å². The van der Waals surface area contributed by atoms with Crippen molar-refractivity contribution in [1.82, 2.24) is 5.32 Å². The molecule has 6 heteroatoms. The van der Waals surface area contributed by atoms with Crippen molar-refractivity contribution in [3.63, 3.8) is 0 Å². The van der Waals surface area contributed by atoms with Gasteiger partial charge in [0.05, 0.1) is 9.90 Å². The molecule has 1 aromatic heterocycles. The highest BCUT2D eigenvalue weighted by atomic mass is 79.9. The smallest absolute Gasteiger partial charge is 0.253 e. The van der Waals surface area contributed by atoms with Crippen LogP contribution in [0.4, 0.5) is 0 Å². The Bertz CT molecular complexity index is 392. The lowest BCUT2D eigenvalue weighted by molar-refractivity contribution is 0.0941. The molecule has 1 amide bonds. The fraction of sp³-hybridized carbons (Fsp3) is 0.500. The van der Waals surface area contributed by atoms with Crippen LogP contribution >= 0.6 is 50.5 Å². The lowest BCUT2D eigenvalue weighted by Crippen LogP contribution is -2.34. The number of rotatable bonds is 4. The zero-order valence-corrected chi connectivity index (χ0v) is 12.9. The molecule has 0 aliphatic rings. The van der Waals surface area contributed by atoms with Gasteiger partial charge in [-0.25, -0.2) is 0 Å². The van der Waals surface area contributed by atoms with E-state index in [1.54, 1.807) is 6.07 Å². The molecule has 0 radical (unpaired) electrons. The van der Waals surface area contributed by atoms with Crippen LogP contribution in [0.25, 0.3) is 0 Å². The third-order valence-electron chi connectivity index (χ3n) is 1.99. The van der Waals surface area contributed by atoms with E-state index in [1.807, 2.05) is 0 Å². The Morgan fingerprint density at radius 2 is 2.19 bits per heavy atom. The number of carbonyl (C=O) groups is 1. The van der Waals surface area contributed by atoms with Gasteiger partial charge in [0.1, 0.15) is 4.34 Å². The van der Waals surface area contributed by atoms with E-state index < -0.39 is 0 Å². The standard InChI is InChI=1S/C10H12BrCl2NOS/c1-10(2,4-11)5-14-9(15)6-3-7(12)16-8(6)13/h3H,4-5H2,1-2H3,(H,14,15). The Balaban J connectivity index is 2.63. The number of nitrogens with one attached hydrogen (secondary N) is 1. The van der Waals surface area contributed by atoms with Gasteiger partial charge >= 0.3 is 0 Å². The first-order chi connectivity index (χ1) is 7.35. The Labute approximate surface area is 117 Å². The molecule has 1 rings (SSSR count). The second-order valence-electron chi connectivity index (χ2n) is 4.22. The predicted molar refractivity (Wildman–Crippen MR) is 74.2 cm³/mol. The minimum Gasteiger partial charge on any atom is -0.351 e.